The van der Waals surface area contributed by atoms with Gasteiger partial charge < -0.3 is 4.74 Å². The second kappa shape index (κ2) is 5.19. The number of carbonyl (C=O) groups is 1. The van der Waals surface area contributed by atoms with Gasteiger partial charge in [-0.25, -0.2) is 4.39 Å². The molecule has 18 heavy (non-hydrogen) atoms. The zero-order chi connectivity index (χ0) is 13.1. The lowest BCUT2D eigenvalue weighted by atomic mass is 10.1. The molecule has 0 aliphatic heterocycles. The van der Waals surface area contributed by atoms with Gasteiger partial charge in [-0.3, -0.25) is 4.79 Å². The summed E-state index contributed by atoms with van der Waals surface area (Å²) < 4.78 is 18.2. The Labute approximate surface area is 109 Å². The minimum atomic E-state index is -0.333. The Morgan fingerprint density at radius 2 is 1.83 bits per heavy atom. The molecule has 0 aliphatic rings. The summed E-state index contributed by atoms with van der Waals surface area (Å²) in [4.78, 5) is 11.2. The van der Waals surface area contributed by atoms with Gasteiger partial charge in [0.15, 0.2) is 5.78 Å². The molecule has 4 heteroatoms. The van der Waals surface area contributed by atoms with E-state index in [-0.39, 0.29) is 11.6 Å². The van der Waals surface area contributed by atoms with Crippen LogP contribution in [0.4, 0.5) is 4.39 Å². The topological polar surface area (TPSA) is 26.3 Å². The van der Waals surface area contributed by atoms with Crippen molar-refractivity contribution in [1.82, 2.24) is 0 Å². The van der Waals surface area contributed by atoms with Crippen molar-refractivity contribution in [3.8, 4) is 11.5 Å². The zero-order valence-corrected chi connectivity index (χ0v) is 10.4. The monoisotopic (exact) mass is 264 g/mol. The predicted octanol–water partition coefficient (Wildman–Crippen LogP) is 4.47. The first-order valence-corrected chi connectivity index (χ1v) is 5.68. The summed E-state index contributed by atoms with van der Waals surface area (Å²) >= 11 is 6.00. The quantitative estimate of drug-likeness (QED) is 0.765. The van der Waals surface area contributed by atoms with E-state index in [1.807, 2.05) is 0 Å². The molecule has 2 aromatic carbocycles. The van der Waals surface area contributed by atoms with Gasteiger partial charge in [-0.15, -0.1) is 0 Å². The lowest BCUT2D eigenvalue weighted by molar-refractivity contribution is 0.101. The van der Waals surface area contributed by atoms with Crippen molar-refractivity contribution in [3.05, 3.63) is 58.9 Å². The van der Waals surface area contributed by atoms with E-state index in [2.05, 4.69) is 0 Å². The number of rotatable bonds is 3. The van der Waals surface area contributed by atoms with Gasteiger partial charge in [-0.05, 0) is 49.4 Å². The van der Waals surface area contributed by atoms with E-state index < -0.39 is 0 Å². The van der Waals surface area contributed by atoms with Crippen molar-refractivity contribution in [2.24, 2.45) is 0 Å². The van der Waals surface area contributed by atoms with Gasteiger partial charge in [-0.1, -0.05) is 11.6 Å². The van der Waals surface area contributed by atoms with E-state index in [4.69, 9.17) is 16.3 Å². The van der Waals surface area contributed by atoms with Crippen LogP contribution in [0, 0.1) is 5.82 Å². The lowest BCUT2D eigenvalue weighted by Gasteiger charge is -2.08. The Kier molecular flexibility index (Phi) is 3.63. The highest BCUT2D eigenvalue weighted by Crippen LogP contribution is 2.30. The van der Waals surface area contributed by atoms with E-state index in [0.717, 1.165) is 0 Å². The van der Waals surface area contributed by atoms with E-state index in [1.165, 1.54) is 31.2 Å². The molecule has 0 N–H and O–H groups in total. The number of Topliss-reactive ketones (excluding diaryl/α,β-unsaturated/α-hetero) is 1. The molecule has 0 fully saturated rings. The molecule has 0 heterocycles. The number of halogens is 2. The van der Waals surface area contributed by atoms with Crippen LogP contribution in [0.15, 0.2) is 42.5 Å². The van der Waals surface area contributed by atoms with Crippen LogP contribution >= 0.6 is 11.6 Å². The fraction of sp³-hybridized carbons (Fsp3) is 0.0714. The fourth-order valence-corrected chi connectivity index (χ4v) is 1.65. The number of hydrogen-bond donors (Lipinski definition) is 0. The third kappa shape index (κ3) is 2.87. The molecular weight excluding hydrogens is 255 g/mol. The van der Waals surface area contributed by atoms with Crippen LogP contribution in [0.25, 0.3) is 0 Å². The Morgan fingerprint density at radius 3 is 2.39 bits per heavy atom. The van der Waals surface area contributed by atoms with Gasteiger partial charge in [0, 0.05) is 5.56 Å². The predicted molar refractivity (Wildman–Crippen MR) is 67.9 cm³/mol. The average Bonchev–Trinajstić information content (AvgIpc) is 2.34. The van der Waals surface area contributed by atoms with Gasteiger partial charge in [-0.2, -0.15) is 0 Å². The molecule has 92 valence electrons. The molecule has 0 radical (unpaired) electrons. The summed E-state index contributed by atoms with van der Waals surface area (Å²) in [5.74, 6) is 0.507. The van der Waals surface area contributed by atoms with Gasteiger partial charge in [0.1, 0.15) is 17.3 Å². The van der Waals surface area contributed by atoms with Gasteiger partial charge in [0.2, 0.25) is 0 Å². The summed E-state index contributed by atoms with van der Waals surface area (Å²) in [6.45, 7) is 1.46. The normalized spacial score (nSPS) is 10.2. The molecule has 0 saturated carbocycles. The highest BCUT2D eigenvalue weighted by molar-refractivity contribution is 6.32. The van der Waals surface area contributed by atoms with Crippen LogP contribution in [-0.2, 0) is 0 Å². The molecule has 2 aromatic rings. The number of ketones is 1. The highest BCUT2D eigenvalue weighted by atomic mass is 35.5. The summed E-state index contributed by atoms with van der Waals surface area (Å²) in [6, 6.07) is 10.4. The maximum atomic E-state index is 12.7. The van der Waals surface area contributed by atoms with Gasteiger partial charge >= 0.3 is 0 Å². The Hall–Kier alpha value is -1.87. The lowest BCUT2D eigenvalue weighted by Crippen LogP contribution is -1.93. The summed E-state index contributed by atoms with van der Waals surface area (Å²) in [6.07, 6.45) is 0. The molecule has 0 atom stereocenters. The number of benzene rings is 2. The molecule has 0 amide bonds. The third-order valence-electron chi connectivity index (χ3n) is 2.38. The van der Waals surface area contributed by atoms with Crippen LogP contribution < -0.4 is 4.74 Å². The van der Waals surface area contributed by atoms with Crippen LogP contribution in [0.5, 0.6) is 11.5 Å². The SMILES string of the molecule is CC(=O)c1ccc(Oc2ccc(F)cc2)c(Cl)c1. The molecule has 0 saturated heterocycles. The molecule has 0 aromatic heterocycles. The first-order valence-electron chi connectivity index (χ1n) is 5.30. The number of carbonyl (C=O) groups excluding carboxylic acids is 1. The second-order valence-corrected chi connectivity index (χ2v) is 4.16. The van der Waals surface area contributed by atoms with Crippen molar-refractivity contribution in [3.63, 3.8) is 0 Å². The molecule has 2 nitrogen and oxygen atoms in total. The van der Waals surface area contributed by atoms with Crippen LogP contribution in [-0.4, -0.2) is 5.78 Å². The van der Waals surface area contributed by atoms with Crippen molar-refractivity contribution in [1.29, 1.82) is 0 Å². The minimum Gasteiger partial charge on any atom is -0.456 e. The number of hydrogen-bond acceptors (Lipinski definition) is 2. The maximum Gasteiger partial charge on any atom is 0.159 e. The van der Waals surface area contributed by atoms with E-state index in [0.29, 0.717) is 22.1 Å². The van der Waals surface area contributed by atoms with Crippen LogP contribution in [0.1, 0.15) is 17.3 Å². The molecule has 0 aliphatic carbocycles. The number of ether oxygens (including phenoxy) is 1. The van der Waals surface area contributed by atoms with Gasteiger partial charge in [0.25, 0.3) is 0 Å². The van der Waals surface area contributed by atoms with Crippen molar-refractivity contribution in [2.75, 3.05) is 0 Å². The highest BCUT2D eigenvalue weighted by Gasteiger charge is 2.07. The third-order valence-corrected chi connectivity index (χ3v) is 2.68. The summed E-state index contributed by atoms with van der Waals surface area (Å²) in [5, 5.41) is 0.340. The van der Waals surface area contributed by atoms with E-state index in [9.17, 15) is 9.18 Å². The first kappa shape index (κ1) is 12.6. The average molecular weight is 265 g/mol. The Balaban J connectivity index is 2.24. The smallest absolute Gasteiger partial charge is 0.159 e. The zero-order valence-electron chi connectivity index (χ0n) is 9.61. The van der Waals surface area contributed by atoms with Crippen molar-refractivity contribution in [2.45, 2.75) is 6.92 Å². The summed E-state index contributed by atoms with van der Waals surface area (Å²) in [5.41, 5.74) is 0.520. The maximum absolute atomic E-state index is 12.7. The van der Waals surface area contributed by atoms with Gasteiger partial charge in [0.05, 0.1) is 5.02 Å². The van der Waals surface area contributed by atoms with E-state index in [1.54, 1.807) is 18.2 Å². The largest absolute Gasteiger partial charge is 0.456 e. The first-order chi connectivity index (χ1) is 8.56. The van der Waals surface area contributed by atoms with Crippen LogP contribution in [0.3, 0.4) is 0 Å². The molecule has 0 unspecified atom stereocenters. The van der Waals surface area contributed by atoms with Crippen molar-refractivity contribution >= 4 is 17.4 Å². The molecule has 2 rings (SSSR count). The fourth-order valence-electron chi connectivity index (χ4n) is 1.43. The second-order valence-electron chi connectivity index (χ2n) is 3.76. The standard InChI is InChI=1S/C14H10ClFO2/c1-9(17)10-2-7-14(13(15)8-10)18-12-5-3-11(16)4-6-12/h2-8H,1H3. The Bertz CT molecular complexity index is 579. The van der Waals surface area contributed by atoms with Crippen LogP contribution in [0.2, 0.25) is 5.02 Å². The summed E-state index contributed by atoms with van der Waals surface area (Å²) in [7, 11) is 0. The molecular formula is C14H10ClFO2. The van der Waals surface area contributed by atoms with E-state index >= 15 is 0 Å². The minimum absolute atomic E-state index is 0.0646. The molecule has 0 spiro atoms. The van der Waals surface area contributed by atoms with Crippen molar-refractivity contribution < 1.29 is 13.9 Å². The Morgan fingerprint density at radius 1 is 1.17 bits per heavy atom. The molecule has 0 bridgehead atoms.